The quantitative estimate of drug-likeness (QED) is 0.925. The first-order valence-electron chi connectivity index (χ1n) is 7.15. The summed E-state index contributed by atoms with van der Waals surface area (Å²) >= 11 is 0. The molecule has 1 fully saturated rings. The molecule has 1 aliphatic rings. The van der Waals surface area contributed by atoms with Crippen molar-refractivity contribution in [3.05, 3.63) is 35.9 Å². The fourth-order valence-electron chi connectivity index (χ4n) is 3.20. The van der Waals surface area contributed by atoms with Gasteiger partial charge in [-0.2, -0.15) is 13.2 Å². The van der Waals surface area contributed by atoms with Crippen LogP contribution in [0.4, 0.5) is 13.2 Å². The third-order valence-corrected chi connectivity index (χ3v) is 4.16. The van der Waals surface area contributed by atoms with Crippen molar-refractivity contribution in [3.8, 4) is 0 Å². The van der Waals surface area contributed by atoms with E-state index in [1.807, 2.05) is 6.07 Å². The highest BCUT2D eigenvalue weighted by Crippen LogP contribution is 2.43. The SMILES string of the molecule is CC(C)C(=O)C1[C@H](c2ccccc2)C(C)N[C@H]1C(F)(F)F. The molecule has 0 amide bonds. The topological polar surface area (TPSA) is 29.1 Å². The Morgan fingerprint density at radius 2 is 1.76 bits per heavy atom. The van der Waals surface area contributed by atoms with Gasteiger partial charge in [-0.05, 0) is 12.5 Å². The second-order valence-electron chi connectivity index (χ2n) is 5.99. The van der Waals surface area contributed by atoms with E-state index in [4.69, 9.17) is 0 Å². The van der Waals surface area contributed by atoms with Crippen LogP contribution in [0, 0.1) is 11.8 Å². The van der Waals surface area contributed by atoms with Crippen molar-refractivity contribution < 1.29 is 18.0 Å². The number of hydrogen-bond donors (Lipinski definition) is 1. The van der Waals surface area contributed by atoms with Gasteiger partial charge in [-0.25, -0.2) is 0 Å². The second kappa shape index (κ2) is 5.79. The summed E-state index contributed by atoms with van der Waals surface area (Å²) in [6.45, 7) is 5.02. The third-order valence-electron chi connectivity index (χ3n) is 4.16. The molecule has 4 atom stereocenters. The molecule has 0 spiro atoms. The van der Waals surface area contributed by atoms with Crippen LogP contribution in [0.15, 0.2) is 30.3 Å². The first-order valence-corrected chi connectivity index (χ1v) is 7.15. The van der Waals surface area contributed by atoms with Gasteiger partial charge < -0.3 is 5.32 Å². The monoisotopic (exact) mass is 299 g/mol. The Bertz CT molecular complexity index is 498. The number of carbonyl (C=O) groups is 1. The van der Waals surface area contributed by atoms with Crippen molar-refractivity contribution in [2.45, 2.75) is 44.9 Å². The normalized spacial score (nSPS) is 29.9. The van der Waals surface area contributed by atoms with Crippen molar-refractivity contribution in [1.82, 2.24) is 5.32 Å². The number of halogens is 3. The van der Waals surface area contributed by atoms with Gasteiger partial charge in [0.15, 0.2) is 0 Å². The van der Waals surface area contributed by atoms with Gasteiger partial charge in [0.2, 0.25) is 0 Å². The van der Waals surface area contributed by atoms with Crippen molar-refractivity contribution in [2.24, 2.45) is 11.8 Å². The van der Waals surface area contributed by atoms with Crippen molar-refractivity contribution in [2.75, 3.05) is 0 Å². The molecule has 1 aromatic rings. The zero-order chi connectivity index (χ0) is 15.8. The lowest BCUT2D eigenvalue weighted by molar-refractivity contribution is -0.167. The fourth-order valence-corrected chi connectivity index (χ4v) is 3.20. The number of nitrogens with one attached hydrogen (secondary N) is 1. The van der Waals surface area contributed by atoms with Crippen LogP contribution in [0.25, 0.3) is 0 Å². The largest absolute Gasteiger partial charge is 0.404 e. The Morgan fingerprint density at radius 1 is 1.19 bits per heavy atom. The standard InChI is InChI=1S/C16H20F3NO/c1-9(2)14(21)13-12(11-7-5-4-6-8-11)10(3)20-15(13)16(17,18)19/h4-10,12-13,15,20H,1-3H3/t10?,12-,13?,15+/m0/s1. The molecule has 1 heterocycles. The summed E-state index contributed by atoms with van der Waals surface area (Å²) in [5.74, 6) is -2.27. The van der Waals surface area contributed by atoms with E-state index in [2.05, 4.69) is 5.32 Å². The molecule has 0 aliphatic carbocycles. The number of Topliss-reactive ketones (excluding diaryl/α,β-unsaturated/α-hetero) is 1. The van der Waals surface area contributed by atoms with E-state index in [9.17, 15) is 18.0 Å². The Hall–Kier alpha value is -1.36. The van der Waals surface area contributed by atoms with Crippen molar-refractivity contribution in [1.29, 1.82) is 0 Å². The van der Waals surface area contributed by atoms with E-state index in [1.165, 1.54) is 0 Å². The lowest BCUT2D eigenvalue weighted by atomic mass is 9.77. The third kappa shape index (κ3) is 3.12. The van der Waals surface area contributed by atoms with Crippen molar-refractivity contribution in [3.63, 3.8) is 0 Å². The van der Waals surface area contributed by atoms with E-state index in [-0.39, 0.29) is 5.78 Å². The molecule has 116 valence electrons. The van der Waals surface area contributed by atoms with Crippen LogP contribution in [-0.4, -0.2) is 24.0 Å². The van der Waals surface area contributed by atoms with Gasteiger partial charge in [0.25, 0.3) is 0 Å². The molecule has 1 N–H and O–H groups in total. The molecule has 21 heavy (non-hydrogen) atoms. The molecular formula is C16H20F3NO. The number of benzene rings is 1. The van der Waals surface area contributed by atoms with E-state index < -0.39 is 36.0 Å². The average molecular weight is 299 g/mol. The van der Waals surface area contributed by atoms with Gasteiger partial charge in [0, 0.05) is 17.9 Å². The van der Waals surface area contributed by atoms with E-state index in [1.54, 1.807) is 45.0 Å². The molecular weight excluding hydrogens is 279 g/mol. The molecule has 2 rings (SSSR count). The lowest BCUT2D eigenvalue weighted by Crippen LogP contribution is -2.46. The molecule has 5 heteroatoms. The maximum absolute atomic E-state index is 13.3. The van der Waals surface area contributed by atoms with Crippen LogP contribution in [0.1, 0.15) is 32.3 Å². The van der Waals surface area contributed by atoms with Gasteiger partial charge >= 0.3 is 6.18 Å². The first kappa shape index (κ1) is 16.0. The maximum Gasteiger partial charge on any atom is 0.404 e. The zero-order valence-electron chi connectivity index (χ0n) is 12.3. The Labute approximate surface area is 122 Å². The van der Waals surface area contributed by atoms with E-state index in [0.717, 1.165) is 5.56 Å². The summed E-state index contributed by atoms with van der Waals surface area (Å²) in [5, 5.41) is 2.58. The molecule has 2 nitrogen and oxygen atoms in total. The molecule has 0 bridgehead atoms. The average Bonchev–Trinajstić information content (AvgIpc) is 2.76. The van der Waals surface area contributed by atoms with Crippen LogP contribution in [0.2, 0.25) is 0 Å². The lowest BCUT2D eigenvalue weighted by Gasteiger charge is -2.26. The van der Waals surface area contributed by atoms with Gasteiger partial charge in [0.1, 0.15) is 11.8 Å². The molecule has 0 saturated carbocycles. The predicted octanol–water partition coefficient (Wildman–Crippen LogP) is 3.53. The number of carbonyl (C=O) groups excluding carboxylic acids is 1. The molecule has 0 radical (unpaired) electrons. The van der Waals surface area contributed by atoms with Gasteiger partial charge in [0.05, 0.1) is 5.92 Å². The zero-order valence-corrected chi connectivity index (χ0v) is 12.3. The van der Waals surface area contributed by atoms with Crippen LogP contribution >= 0.6 is 0 Å². The molecule has 1 saturated heterocycles. The van der Waals surface area contributed by atoms with Crippen molar-refractivity contribution >= 4 is 5.78 Å². The maximum atomic E-state index is 13.3. The summed E-state index contributed by atoms with van der Waals surface area (Å²) in [6.07, 6.45) is -4.42. The minimum atomic E-state index is -4.42. The summed E-state index contributed by atoms with van der Waals surface area (Å²) in [7, 11) is 0. The van der Waals surface area contributed by atoms with E-state index >= 15 is 0 Å². The number of alkyl halides is 3. The number of ketones is 1. The first-order chi connectivity index (χ1) is 9.73. The van der Waals surface area contributed by atoms with Crippen LogP contribution < -0.4 is 5.32 Å². The Morgan fingerprint density at radius 3 is 2.24 bits per heavy atom. The highest BCUT2D eigenvalue weighted by Gasteiger charge is 2.56. The molecule has 1 aromatic carbocycles. The summed E-state index contributed by atoms with van der Waals surface area (Å²) < 4.78 is 39.8. The second-order valence-corrected chi connectivity index (χ2v) is 5.99. The highest BCUT2D eigenvalue weighted by molar-refractivity contribution is 5.85. The number of rotatable bonds is 3. The Kier molecular flexibility index (Phi) is 4.42. The van der Waals surface area contributed by atoms with Crippen LogP contribution in [-0.2, 0) is 4.79 Å². The smallest absolute Gasteiger partial charge is 0.302 e. The summed E-state index contributed by atoms with van der Waals surface area (Å²) in [6, 6.07) is 6.82. The number of hydrogen-bond acceptors (Lipinski definition) is 2. The summed E-state index contributed by atoms with van der Waals surface area (Å²) in [4.78, 5) is 12.4. The molecule has 0 aromatic heterocycles. The van der Waals surface area contributed by atoms with Crippen LogP contribution in [0.3, 0.4) is 0 Å². The minimum Gasteiger partial charge on any atom is -0.302 e. The van der Waals surface area contributed by atoms with Gasteiger partial charge in [-0.15, -0.1) is 0 Å². The summed E-state index contributed by atoms with van der Waals surface area (Å²) in [5.41, 5.74) is 0.781. The van der Waals surface area contributed by atoms with E-state index in [0.29, 0.717) is 0 Å². The fraction of sp³-hybridized carbons (Fsp3) is 0.562. The minimum absolute atomic E-state index is 0.331. The Balaban J connectivity index is 2.44. The highest BCUT2D eigenvalue weighted by atomic mass is 19.4. The molecule has 2 unspecified atom stereocenters. The molecule has 1 aliphatic heterocycles. The van der Waals surface area contributed by atoms with Gasteiger partial charge in [-0.1, -0.05) is 44.2 Å². The van der Waals surface area contributed by atoms with Crippen LogP contribution in [0.5, 0.6) is 0 Å². The van der Waals surface area contributed by atoms with Gasteiger partial charge in [-0.3, -0.25) is 4.79 Å². The predicted molar refractivity (Wildman–Crippen MR) is 75.0 cm³/mol.